The predicted molar refractivity (Wildman–Crippen MR) is 83.9 cm³/mol. The van der Waals surface area contributed by atoms with E-state index < -0.39 is 0 Å². The van der Waals surface area contributed by atoms with Crippen molar-refractivity contribution in [2.24, 2.45) is 0 Å². The molecule has 1 aliphatic carbocycles. The monoisotopic (exact) mass is 290 g/mol. The van der Waals surface area contributed by atoms with Gasteiger partial charge >= 0.3 is 0 Å². The van der Waals surface area contributed by atoms with Gasteiger partial charge in [-0.1, -0.05) is 0 Å². The molecule has 0 aromatic carbocycles. The van der Waals surface area contributed by atoms with Crippen molar-refractivity contribution in [3.8, 4) is 0 Å². The maximum Gasteiger partial charge on any atom is 0.135 e. The SMILES string of the molecule is Cc1nc2c(c(N3CCOC(CN(C)C)C3)n1)CCCC2. The van der Waals surface area contributed by atoms with E-state index in [2.05, 4.69) is 28.9 Å². The van der Waals surface area contributed by atoms with E-state index >= 15 is 0 Å². The first kappa shape index (κ1) is 14.7. The average Bonchev–Trinajstić information content (AvgIpc) is 2.46. The molecule has 1 fully saturated rings. The molecule has 0 N–H and O–H groups in total. The minimum atomic E-state index is 0.267. The summed E-state index contributed by atoms with van der Waals surface area (Å²) in [6.07, 6.45) is 5.02. The number of aryl methyl sites for hydroxylation is 2. The normalized spacial score (nSPS) is 22.5. The molecule has 1 atom stereocenters. The Hall–Kier alpha value is -1.20. The minimum Gasteiger partial charge on any atom is -0.373 e. The van der Waals surface area contributed by atoms with Gasteiger partial charge in [0.1, 0.15) is 11.6 Å². The van der Waals surface area contributed by atoms with E-state index in [1.165, 1.54) is 29.9 Å². The van der Waals surface area contributed by atoms with E-state index in [1.54, 1.807) is 0 Å². The van der Waals surface area contributed by atoms with Crippen LogP contribution in [0.2, 0.25) is 0 Å². The Balaban J connectivity index is 1.84. The number of anilines is 1. The summed E-state index contributed by atoms with van der Waals surface area (Å²) < 4.78 is 5.89. The number of aromatic nitrogens is 2. The zero-order valence-corrected chi connectivity index (χ0v) is 13.4. The van der Waals surface area contributed by atoms with E-state index in [4.69, 9.17) is 9.72 Å². The van der Waals surface area contributed by atoms with Crippen molar-refractivity contribution < 1.29 is 4.74 Å². The summed E-state index contributed by atoms with van der Waals surface area (Å²) in [7, 11) is 4.19. The molecule has 5 heteroatoms. The second-order valence-corrected chi connectivity index (χ2v) is 6.43. The molecule has 1 aromatic heterocycles. The summed E-state index contributed by atoms with van der Waals surface area (Å²) in [5.41, 5.74) is 2.66. The molecule has 21 heavy (non-hydrogen) atoms. The zero-order valence-electron chi connectivity index (χ0n) is 13.4. The molecule has 0 spiro atoms. The molecule has 0 amide bonds. The van der Waals surface area contributed by atoms with Gasteiger partial charge in [0.2, 0.25) is 0 Å². The van der Waals surface area contributed by atoms with Crippen molar-refractivity contribution in [2.75, 3.05) is 45.2 Å². The highest BCUT2D eigenvalue weighted by atomic mass is 16.5. The van der Waals surface area contributed by atoms with Crippen molar-refractivity contribution in [2.45, 2.75) is 38.7 Å². The van der Waals surface area contributed by atoms with Gasteiger partial charge in [-0.3, -0.25) is 0 Å². The van der Waals surface area contributed by atoms with Crippen LogP contribution in [0.15, 0.2) is 0 Å². The molecule has 1 aromatic rings. The highest BCUT2D eigenvalue weighted by Gasteiger charge is 2.26. The first-order valence-corrected chi connectivity index (χ1v) is 8.01. The Morgan fingerprint density at radius 3 is 2.86 bits per heavy atom. The van der Waals surface area contributed by atoms with Gasteiger partial charge in [-0.2, -0.15) is 0 Å². The van der Waals surface area contributed by atoms with Crippen LogP contribution in [-0.2, 0) is 17.6 Å². The number of ether oxygens (including phenoxy) is 1. The average molecular weight is 290 g/mol. The van der Waals surface area contributed by atoms with Gasteiger partial charge in [-0.15, -0.1) is 0 Å². The molecule has 116 valence electrons. The number of likely N-dealkylation sites (N-methyl/N-ethyl adjacent to an activating group) is 1. The van der Waals surface area contributed by atoms with Crippen LogP contribution in [0.3, 0.4) is 0 Å². The summed E-state index contributed by atoms with van der Waals surface area (Å²) in [4.78, 5) is 14.0. The predicted octanol–water partition coefficient (Wildman–Crippen LogP) is 1.43. The number of nitrogens with zero attached hydrogens (tertiary/aromatic N) is 4. The number of hydrogen-bond acceptors (Lipinski definition) is 5. The maximum absolute atomic E-state index is 5.89. The summed E-state index contributed by atoms with van der Waals surface area (Å²) >= 11 is 0. The van der Waals surface area contributed by atoms with Crippen molar-refractivity contribution in [3.63, 3.8) is 0 Å². The van der Waals surface area contributed by atoms with Crippen LogP contribution in [-0.4, -0.2) is 61.3 Å². The van der Waals surface area contributed by atoms with Gasteiger partial charge in [-0.05, 0) is 46.7 Å². The lowest BCUT2D eigenvalue weighted by atomic mass is 9.96. The molecular weight excluding hydrogens is 264 g/mol. The van der Waals surface area contributed by atoms with Gasteiger partial charge < -0.3 is 14.5 Å². The van der Waals surface area contributed by atoms with Gasteiger partial charge in [-0.25, -0.2) is 9.97 Å². The fraction of sp³-hybridized carbons (Fsp3) is 0.750. The fourth-order valence-corrected chi connectivity index (χ4v) is 3.39. The fourth-order valence-electron chi connectivity index (χ4n) is 3.39. The van der Waals surface area contributed by atoms with E-state index in [0.29, 0.717) is 0 Å². The van der Waals surface area contributed by atoms with Gasteiger partial charge in [0.25, 0.3) is 0 Å². The summed E-state index contributed by atoms with van der Waals surface area (Å²) in [6.45, 7) is 5.63. The molecule has 0 bridgehead atoms. The number of fused-ring (bicyclic) bond motifs is 1. The third kappa shape index (κ3) is 3.35. The molecule has 0 saturated carbocycles. The van der Waals surface area contributed by atoms with Crippen molar-refractivity contribution in [1.29, 1.82) is 0 Å². The third-order valence-electron chi connectivity index (χ3n) is 4.28. The van der Waals surface area contributed by atoms with Crippen molar-refractivity contribution in [3.05, 3.63) is 17.1 Å². The molecule has 2 aliphatic rings. The molecule has 3 rings (SSSR count). The lowest BCUT2D eigenvalue weighted by Gasteiger charge is -2.36. The molecular formula is C16H26N4O. The van der Waals surface area contributed by atoms with E-state index in [1.807, 2.05) is 6.92 Å². The van der Waals surface area contributed by atoms with E-state index in [-0.39, 0.29) is 6.10 Å². The van der Waals surface area contributed by atoms with Crippen molar-refractivity contribution in [1.82, 2.24) is 14.9 Å². The maximum atomic E-state index is 5.89. The standard InChI is InChI=1S/C16H26N4O/c1-12-17-15-7-5-4-6-14(15)16(18-12)20-8-9-21-13(11-20)10-19(2)3/h13H,4-11H2,1-3H3. The summed E-state index contributed by atoms with van der Waals surface area (Å²) in [5, 5.41) is 0. The highest BCUT2D eigenvalue weighted by molar-refractivity contribution is 5.50. The van der Waals surface area contributed by atoms with Crippen LogP contribution in [0, 0.1) is 6.92 Å². The first-order chi connectivity index (χ1) is 10.1. The Bertz CT molecular complexity index is 503. The van der Waals surface area contributed by atoms with Crippen LogP contribution in [0.5, 0.6) is 0 Å². The molecule has 2 heterocycles. The van der Waals surface area contributed by atoms with E-state index in [0.717, 1.165) is 44.9 Å². The Kier molecular flexibility index (Phi) is 4.40. The van der Waals surface area contributed by atoms with Crippen molar-refractivity contribution >= 4 is 5.82 Å². The molecule has 1 aliphatic heterocycles. The van der Waals surface area contributed by atoms with Crippen LogP contribution in [0.1, 0.15) is 29.9 Å². The molecule has 1 unspecified atom stereocenters. The highest BCUT2D eigenvalue weighted by Crippen LogP contribution is 2.29. The summed E-state index contributed by atoms with van der Waals surface area (Å²) in [6, 6.07) is 0. The number of hydrogen-bond donors (Lipinski definition) is 0. The van der Waals surface area contributed by atoms with Crippen LogP contribution in [0.25, 0.3) is 0 Å². The smallest absolute Gasteiger partial charge is 0.135 e. The quantitative estimate of drug-likeness (QED) is 0.842. The third-order valence-corrected chi connectivity index (χ3v) is 4.28. The Morgan fingerprint density at radius 1 is 1.24 bits per heavy atom. The minimum absolute atomic E-state index is 0.267. The van der Waals surface area contributed by atoms with Crippen LogP contribution >= 0.6 is 0 Å². The zero-order chi connectivity index (χ0) is 14.8. The van der Waals surface area contributed by atoms with Gasteiger partial charge in [0.05, 0.1) is 12.7 Å². The second-order valence-electron chi connectivity index (χ2n) is 6.43. The summed E-state index contributed by atoms with van der Waals surface area (Å²) in [5.74, 6) is 2.07. The first-order valence-electron chi connectivity index (χ1n) is 8.01. The topological polar surface area (TPSA) is 41.5 Å². The van der Waals surface area contributed by atoms with Crippen LogP contribution in [0.4, 0.5) is 5.82 Å². The number of morpholine rings is 1. The van der Waals surface area contributed by atoms with Gasteiger partial charge in [0, 0.05) is 30.9 Å². The number of rotatable bonds is 3. The van der Waals surface area contributed by atoms with E-state index in [9.17, 15) is 0 Å². The molecule has 0 radical (unpaired) electrons. The molecule has 5 nitrogen and oxygen atoms in total. The Morgan fingerprint density at radius 2 is 2.05 bits per heavy atom. The second kappa shape index (κ2) is 6.28. The lowest BCUT2D eigenvalue weighted by Crippen LogP contribution is -2.47. The van der Waals surface area contributed by atoms with Gasteiger partial charge in [0.15, 0.2) is 0 Å². The largest absolute Gasteiger partial charge is 0.373 e. The Labute approximate surface area is 127 Å². The lowest BCUT2D eigenvalue weighted by molar-refractivity contribution is 0.0244. The molecule has 1 saturated heterocycles. The van der Waals surface area contributed by atoms with Crippen LogP contribution < -0.4 is 4.90 Å².